The Hall–Kier alpha value is -3.05. The van der Waals surface area contributed by atoms with Gasteiger partial charge < -0.3 is 14.5 Å². The fourth-order valence-corrected chi connectivity index (χ4v) is 4.31. The number of furan rings is 1. The van der Waals surface area contributed by atoms with Crippen molar-refractivity contribution in [1.29, 1.82) is 5.26 Å². The van der Waals surface area contributed by atoms with Crippen LogP contribution in [0, 0.1) is 18.3 Å². The number of esters is 1. The number of hydrogen-bond donors (Lipinski definition) is 1. The summed E-state index contributed by atoms with van der Waals surface area (Å²) in [6.07, 6.45) is 2.76. The topological polar surface area (TPSA) is 92.3 Å². The lowest BCUT2D eigenvalue weighted by Gasteiger charge is -2.00. The molecular formula is C22H16Cl2N2O4S. The van der Waals surface area contributed by atoms with E-state index in [0.717, 1.165) is 11.3 Å². The zero-order valence-electron chi connectivity index (χ0n) is 16.5. The summed E-state index contributed by atoms with van der Waals surface area (Å²) in [7, 11) is 0. The van der Waals surface area contributed by atoms with Gasteiger partial charge in [0, 0.05) is 21.7 Å². The van der Waals surface area contributed by atoms with Gasteiger partial charge in [-0.3, -0.25) is 4.79 Å². The molecule has 158 valence electrons. The van der Waals surface area contributed by atoms with Crippen molar-refractivity contribution in [2.45, 2.75) is 13.8 Å². The number of amides is 1. The lowest BCUT2D eigenvalue weighted by Crippen LogP contribution is -2.07. The Labute approximate surface area is 192 Å². The molecule has 1 aromatic carbocycles. The minimum atomic E-state index is -0.526. The van der Waals surface area contributed by atoms with Gasteiger partial charge in [-0.05, 0) is 55.8 Å². The first-order valence-electron chi connectivity index (χ1n) is 9.08. The largest absolute Gasteiger partial charge is 0.462 e. The zero-order valence-corrected chi connectivity index (χ0v) is 18.8. The SMILES string of the molecule is CCOC(=O)c1sc(NC(=O)/C=C/c2ccc(-c3cc(Cl)cc(Cl)c3)o2)c(C#N)c1C. The smallest absolute Gasteiger partial charge is 0.348 e. The molecule has 0 aliphatic rings. The molecule has 6 nitrogen and oxygen atoms in total. The maximum absolute atomic E-state index is 12.3. The Morgan fingerprint density at radius 3 is 2.61 bits per heavy atom. The van der Waals surface area contributed by atoms with E-state index in [0.29, 0.717) is 32.7 Å². The van der Waals surface area contributed by atoms with Gasteiger partial charge in [0.05, 0.1) is 12.2 Å². The maximum atomic E-state index is 12.3. The highest BCUT2D eigenvalue weighted by Crippen LogP contribution is 2.33. The van der Waals surface area contributed by atoms with E-state index < -0.39 is 11.9 Å². The van der Waals surface area contributed by atoms with E-state index in [9.17, 15) is 14.9 Å². The number of nitrogens with zero attached hydrogens (tertiary/aromatic N) is 1. The molecule has 0 spiro atoms. The molecule has 0 saturated heterocycles. The summed E-state index contributed by atoms with van der Waals surface area (Å²) in [6.45, 7) is 3.55. The van der Waals surface area contributed by atoms with Gasteiger partial charge in [0.2, 0.25) is 5.91 Å². The van der Waals surface area contributed by atoms with Gasteiger partial charge in [-0.2, -0.15) is 5.26 Å². The Balaban J connectivity index is 1.74. The number of benzene rings is 1. The highest BCUT2D eigenvalue weighted by molar-refractivity contribution is 7.18. The van der Waals surface area contributed by atoms with E-state index in [1.807, 2.05) is 6.07 Å². The molecule has 0 unspecified atom stereocenters. The van der Waals surface area contributed by atoms with Crippen molar-refractivity contribution in [3.63, 3.8) is 0 Å². The molecule has 2 aromatic heterocycles. The molecule has 0 radical (unpaired) electrons. The van der Waals surface area contributed by atoms with Crippen LogP contribution in [0.5, 0.6) is 0 Å². The molecule has 3 rings (SSSR count). The summed E-state index contributed by atoms with van der Waals surface area (Å²) >= 11 is 13.0. The number of thiophene rings is 1. The van der Waals surface area contributed by atoms with Gasteiger partial charge in [0.25, 0.3) is 0 Å². The van der Waals surface area contributed by atoms with Crippen LogP contribution in [0.4, 0.5) is 5.00 Å². The number of nitriles is 1. The van der Waals surface area contributed by atoms with Crippen LogP contribution in [0.1, 0.15) is 33.5 Å². The summed E-state index contributed by atoms with van der Waals surface area (Å²) < 4.78 is 10.7. The van der Waals surface area contributed by atoms with Crippen LogP contribution in [0.25, 0.3) is 17.4 Å². The molecule has 9 heteroatoms. The van der Waals surface area contributed by atoms with E-state index in [1.165, 1.54) is 12.2 Å². The van der Waals surface area contributed by atoms with E-state index >= 15 is 0 Å². The quantitative estimate of drug-likeness (QED) is 0.333. The maximum Gasteiger partial charge on any atom is 0.348 e. The van der Waals surface area contributed by atoms with Gasteiger partial charge in [0.15, 0.2) is 0 Å². The molecule has 0 atom stereocenters. The van der Waals surface area contributed by atoms with E-state index in [4.69, 9.17) is 32.4 Å². The van der Waals surface area contributed by atoms with Crippen molar-refractivity contribution in [2.75, 3.05) is 11.9 Å². The van der Waals surface area contributed by atoms with Crippen molar-refractivity contribution in [1.82, 2.24) is 0 Å². The molecule has 0 fully saturated rings. The van der Waals surface area contributed by atoms with Crippen molar-refractivity contribution >= 4 is 57.5 Å². The molecule has 1 N–H and O–H groups in total. The molecule has 2 heterocycles. The molecule has 31 heavy (non-hydrogen) atoms. The second-order valence-corrected chi connectivity index (χ2v) is 8.17. The van der Waals surface area contributed by atoms with Crippen molar-refractivity contribution in [3.8, 4) is 17.4 Å². The van der Waals surface area contributed by atoms with E-state index in [-0.39, 0.29) is 22.0 Å². The van der Waals surface area contributed by atoms with Crippen LogP contribution in [0.2, 0.25) is 10.0 Å². The number of nitrogens with one attached hydrogen (secondary N) is 1. The number of hydrogen-bond acceptors (Lipinski definition) is 6. The Morgan fingerprint density at radius 1 is 1.26 bits per heavy atom. The fourth-order valence-electron chi connectivity index (χ4n) is 2.73. The van der Waals surface area contributed by atoms with E-state index in [1.54, 1.807) is 44.2 Å². The highest BCUT2D eigenvalue weighted by Gasteiger charge is 2.21. The van der Waals surface area contributed by atoms with Gasteiger partial charge >= 0.3 is 5.97 Å². The second-order valence-electron chi connectivity index (χ2n) is 6.28. The summed E-state index contributed by atoms with van der Waals surface area (Å²) in [5.74, 6) is -0.0146. The number of rotatable bonds is 6. The summed E-state index contributed by atoms with van der Waals surface area (Å²) in [5.41, 5.74) is 1.41. The molecular weight excluding hydrogens is 459 g/mol. The molecule has 0 aliphatic heterocycles. The fraction of sp³-hybridized carbons (Fsp3) is 0.136. The van der Waals surface area contributed by atoms with Gasteiger partial charge in [-0.1, -0.05) is 23.2 Å². The number of anilines is 1. The third-order valence-electron chi connectivity index (χ3n) is 4.13. The first kappa shape index (κ1) is 22.6. The Bertz CT molecular complexity index is 1200. The molecule has 1 amide bonds. The summed E-state index contributed by atoms with van der Waals surface area (Å²) in [4.78, 5) is 24.7. The number of halogens is 2. The number of ether oxygens (including phenoxy) is 1. The predicted octanol–water partition coefficient (Wildman–Crippen LogP) is 6.32. The van der Waals surface area contributed by atoms with Crippen molar-refractivity contribution in [2.24, 2.45) is 0 Å². The molecule has 0 bridgehead atoms. The van der Waals surface area contributed by atoms with Gasteiger partial charge in [-0.25, -0.2) is 4.79 Å². The van der Waals surface area contributed by atoms with Crippen LogP contribution in [0.15, 0.2) is 40.8 Å². The molecule has 3 aromatic rings. The normalized spacial score (nSPS) is 10.8. The average molecular weight is 475 g/mol. The zero-order chi connectivity index (χ0) is 22.5. The van der Waals surface area contributed by atoms with Crippen LogP contribution in [-0.2, 0) is 9.53 Å². The highest BCUT2D eigenvalue weighted by atomic mass is 35.5. The third kappa shape index (κ3) is 5.36. The lowest BCUT2D eigenvalue weighted by molar-refractivity contribution is -0.111. The Kier molecular flexibility index (Phi) is 7.18. The van der Waals surface area contributed by atoms with Gasteiger partial charge in [-0.15, -0.1) is 11.3 Å². The van der Waals surface area contributed by atoms with Crippen LogP contribution in [0.3, 0.4) is 0 Å². The number of carbonyl (C=O) groups excluding carboxylic acids is 2. The van der Waals surface area contributed by atoms with Crippen LogP contribution in [-0.4, -0.2) is 18.5 Å². The third-order valence-corrected chi connectivity index (χ3v) is 5.75. The van der Waals surface area contributed by atoms with Crippen LogP contribution < -0.4 is 5.32 Å². The van der Waals surface area contributed by atoms with Crippen molar-refractivity contribution in [3.05, 3.63) is 68.2 Å². The minimum Gasteiger partial charge on any atom is -0.462 e. The molecule has 0 saturated carbocycles. The number of carbonyl (C=O) groups is 2. The first-order valence-corrected chi connectivity index (χ1v) is 10.7. The minimum absolute atomic E-state index is 0.217. The van der Waals surface area contributed by atoms with Crippen LogP contribution >= 0.6 is 34.5 Å². The Morgan fingerprint density at radius 2 is 1.97 bits per heavy atom. The molecule has 0 aliphatic carbocycles. The van der Waals surface area contributed by atoms with E-state index in [2.05, 4.69) is 5.32 Å². The second kappa shape index (κ2) is 9.84. The average Bonchev–Trinajstić information content (AvgIpc) is 3.30. The first-order chi connectivity index (χ1) is 14.8. The monoisotopic (exact) mass is 474 g/mol. The predicted molar refractivity (Wildman–Crippen MR) is 122 cm³/mol. The lowest BCUT2D eigenvalue weighted by atomic mass is 10.2. The summed E-state index contributed by atoms with van der Waals surface area (Å²) in [5, 5.41) is 13.3. The van der Waals surface area contributed by atoms with Gasteiger partial charge in [0.1, 0.15) is 27.5 Å². The van der Waals surface area contributed by atoms with Crippen molar-refractivity contribution < 1.29 is 18.7 Å². The summed E-state index contributed by atoms with van der Waals surface area (Å²) in [6, 6.07) is 10.5. The standard InChI is InChI=1S/C22H16Cl2N2O4S/c1-3-29-22(28)20-12(2)17(11-25)21(31-20)26-19(27)7-5-16-4-6-18(30-16)13-8-14(23)10-15(24)9-13/h4-10H,3H2,1-2H3,(H,26,27)/b7-5+.